The SMILES string of the molecule is CC1CCCC(CC(C)CCc2ccc(O)cc2N)C1. The molecule has 1 aliphatic carbocycles. The lowest BCUT2D eigenvalue weighted by Crippen LogP contribution is -2.16. The highest BCUT2D eigenvalue weighted by Crippen LogP contribution is 2.34. The fraction of sp³-hybridized carbons (Fsp3) is 0.667. The molecule has 0 heterocycles. The zero-order chi connectivity index (χ0) is 14.5. The van der Waals surface area contributed by atoms with Crippen molar-refractivity contribution in [3.8, 4) is 5.75 Å². The standard InChI is InChI=1S/C18H29NO/c1-13-4-3-5-15(10-13)11-14(2)6-7-16-8-9-17(20)12-18(16)19/h8-9,12-15,20H,3-7,10-11,19H2,1-2H3. The molecule has 2 rings (SSSR count). The van der Waals surface area contributed by atoms with Crippen LogP contribution >= 0.6 is 0 Å². The van der Waals surface area contributed by atoms with Crippen LogP contribution in [0.25, 0.3) is 0 Å². The van der Waals surface area contributed by atoms with E-state index in [9.17, 15) is 5.11 Å². The molecule has 0 radical (unpaired) electrons. The van der Waals surface area contributed by atoms with Gasteiger partial charge in [0.25, 0.3) is 0 Å². The summed E-state index contributed by atoms with van der Waals surface area (Å²) in [5.41, 5.74) is 7.85. The smallest absolute Gasteiger partial charge is 0.117 e. The minimum atomic E-state index is 0.260. The molecule has 112 valence electrons. The Morgan fingerprint density at radius 1 is 1.35 bits per heavy atom. The third kappa shape index (κ3) is 4.43. The molecule has 0 saturated heterocycles. The Labute approximate surface area is 123 Å². The first-order chi connectivity index (χ1) is 9.54. The molecule has 3 atom stereocenters. The molecular weight excluding hydrogens is 246 g/mol. The Balaban J connectivity index is 1.78. The van der Waals surface area contributed by atoms with Gasteiger partial charge < -0.3 is 10.8 Å². The largest absolute Gasteiger partial charge is 0.508 e. The minimum absolute atomic E-state index is 0.260. The molecule has 3 N–H and O–H groups in total. The number of phenols is 1. The minimum Gasteiger partial charge on any atom is -0.508 e. The number of rotatable bonds is 5. The molecule has 0 amide bonds. The van der Waals surface area contributed by atoms with E-state index in [1.165, 1.54) is 44.1 Å². The van der Waals surface area contributed by atoms with Gasteiger partial charge in [-0.15, -0.1) is 0 Å². The van der Waals surface area contributed by atoms with Crippen molar-refractivity contribution in [1.29, 1.82) is 0 Å². The van der Waals surface area contributed by atoms with Gasteiger partial charge in [0.2, 0.25) is 0 Å². The van der Waals surface area contributed by atoms with Crippen LogP contribution in [0, 0.1) is 17.8 Å². The Kier molecular flexibility index (Phi) is 5.33. The van der Waals surface area contributed by atoms with Crippen molar-refractivity contribution in [2.45, 2.75) is 58.8 Å². The molecule has 2 heteroatoms. The maximum atomic E-state index is 9.38. The second-order valence-corrected chi connectivity index (χ2v) is 6.90. The number of hydrogen-bond acceptors (Lipinski definition) is 2. The normalized spacial score (nSPS) is 24.5. The zero-order valence-corrected chi connectivity index (χ0v) is 12.9. The van der Waals surface area contributed by atoms with Crippen LogP contribution in [0.2, 0.25) is 0 Å². The van der Waals surface area contributed by atoms with E-state index in [4.69, 9.17) is 5.73 Å². The van der Waals surface area contributed by atoms with Crippen LogP contribution in [0.5, 0.6) is 5.75 Å². The predicted octanol–water partition coefficient (Wildman–Crippen LogP) is 4.76. The molecular formula is C18H29NO. The lowest BCUT2D eigenvalue weighted by atomic mass is 9.77. The van der Waals surface area contributed by atoms with Gasteiger partial charge in [0.15, 0.2) is 0 Å². The van der Waals surface area contributed by atoms with Crippen LogP contribution < -0.4 is 5.73 Å². The molecule has 3 unspecified atom stereocenters. The van der Waals surface area contributed by atoms with E-state index in [1.54, 1.807) is 12.1 Å². The topological polar surface area (TPSA) is 46.2 Å². The lowest BCUT2D eigenvalue weighted by Gasteiger charge is -2.28. The fourth-order valence-electron chi connectivity index (χ4n) is 3.67. The molecule has 0 bridgehead atoms. The first-order valence-electron chi connectivity index (χ1n) is 8.12. The highest BCUT2D eigenvalue weighted by molar-refractivity contribution is 5.50. The second kappa shape index (κ2) is 7.01. The summed E-state index contributed by atoms with van der Waals surface area (Å²) in [4.78, 5) is 0. The predicted molar refractivity (Wildman–Crippen MR) is 85.7 cm³/mol. The number of anilines is 1. The molecule has 1 fully saturated rings. The lowest BCUT2D eigenvalue weighted by molar-refractivity contribution is 0.239. The molecule has 0 aromatic heterocycles. The number of benzene rings is 1. The van der Waals surface area contributed by atoms with Crippen molar-refractivity contribution in [1.82, 2.24) is 0 Å². The Morgan fingerprint density at radius 2 is 2.15 bits per heavy atom. The summed E-state index contributed by atoms with van der Waals surface area (Å²) in [6.07, 6.45) is 9.28. The molecule has 2 nitrogen and oxygen atoms in total. The summed E-state index contributed by atoms with van der Waals surface area (Å²) in [5, 5.41) is 9.38. The van der Waals surface area contributed by atoms with Crippen LogP contribution in [-0.4, -0.2) is 5.11 Å². The fourth-order valence-corrected chi connectivity index (χ4v) is 3.67. The van der Waals surface area contributed by atoms with E-state index >= 15 is 0 Å². The zero-order valence-electron chi connectivity index (χ0n) is 12.9. The summed E-state index contributed by atoms with van der Waals surface area (Å²) < 4.78 is 0. The summed E-state index contributed by atoms with van der Waals surface area (Å²) >= 11 is 0. The van der Waals surface area contributed by atoms with Crippen LogP contribution in [0.1, 0.15) is 57.9 Å². The van der Waals surface area contributed by atoms with Crippen LogP contribution in [0.4, 0.5) is 5.69 Å². The van der Waals surface area contributed by atoms with Crippen LogP contribution in [0.3, 0.4) is 0 Å². The Hall–Kier alpha value is -1.18. The van der Waals surface area contributed by atoms with Gasteiger partial charge in [0, 0.05) is 11.8 Å². The van der Waals surface area contributed by atoms with Gasteiger partial charge in [-0.3, -0.25) is 0 Å². The van der Waals surface area contributed by atoms with Gasteiger partial charge in [0.05, 0.1) is 0 Å². The number of nitrogens with two attached hydrogens (primary N) is 1. The van der Waals surface area contributed by atoms with Crippen molar-refractivity contribution in [3.05, 3.63) is 23.8 Å². The molecule has 0 aliphatic heterocycles. The van der Waals surface area contributed by atoms with Gasteiger partial charge in [-0.1, -0.05) is 39.2 Å². The third-order valence-corrected chi connectivity index (χ3v) is 4.82. The van der Waals surface area contributed by atoms with Crippen LogP contribution in [0.15, 0.2) is 18.2 Å². The first-order valence-corrected chi connectivity index (χ1v) is 8.12. The van der Waals surface area contributed by atoms with E-state index in [-0.39, 0.29) is 5.75 Å². The number of aryl methyl sites for hydroxylation is 1. The van der Waals surface area contributed by atoms with Crippen LogP contribution in [-0.2, 0) is 6.42 Å². The van der Waals surface area contributed by atoms with Gasteiger partial charge in [-0.2, -0.15) is 0 Å². The summed E-state index contributed by atoms with van der Waals surface area (Å²) in [7, 11) is 0. The second-order valence-electron chi connectivity index (χ2n) is 6.90. The third-order valence-electron chi connectivity index (χ3n) is 4.82. The Bertz CT molecular complexity index is 429. The van der Waals surface area contributed by atoms with Gasteiger partial charge in [0.1, 0.15) is 5.75 Å². The van der Waals surface area contributed by atoms with E-state index in [2.05, 4.69) is 13.8 Å². The molecule has 1 aromatic rings. The van der Waals surface area contributed by atoms with E-state index in [1.807, 2.05) is 6.07 Å². The van der Waals surface area contributed by atoms with E-state index < -0.39 is 0 Å². The van der Waals surface area contributed by atoms with E-state index in [0.717, 1.165) is 29.9 Å². The average molecular weight is 275 g/mol. The number of hydrogen-bond donors (Lipinski definition) is 2. The summed E-state index contributed by atoms with van der Waals surface area (Å²) in [6.45, 7) is 4.77. The monoisotopic (exact) mass is 275 g/mol. The number of phenolic OH excluding ortho intramolecular Hbond substituents is 1. The highest BCUT2D eigenvalue weighted by Gasteiger charge is 2.20. The van der Waals surface area contributed by atoms with Gasteiger partial charge in [-0.05, 0) is 55.1 Å². The quantitative estimate of drug-likeness (QED) is 0.761. The number of aromatic hydroxyl groups is 1. The maximum absolute atomic E-state index is 9.38. The van der Waals surface area contributed by atoms with Crippen molar-refractivity contribution < 1.29 is 5.11 Å². The molecule has 20 heavy (non-hydrogen) atoms. The summed E-state index contributed by atoms with van der Waals surface area (Å²) in [5.74, 6) is 2.88. The van der Waals surface area contributed by atoms with Crippen molar-refractivity contribution in [3.63, 3.8) is 0 Å². The van der Waals surface area contributed by atoms with Crippen molar-refractivity contribution in [2.75, 3.05) is 5.73 Å². The molecule has 1 aliphatic rings. The van der Waals surface area contributed by atoms with Gasteiger partial charge >= 0.3 is 0 Å². The van der Waals surface area contributed by atoms with Gasteiger partial charge in [-0.25, -0.2) is 0 Å². The van der Waals surface area contributed by atoms with Crippen molar-refractivity contribution >= 4 is 5.69 Å². The van der Waals surface area contributed by atoms with E-state index in [0.29, 0.717) is 0 Å². The molecule has 1 saturated carbocycles. The summed E-state index contributed by atoms with van der Waals surface area (Å²) in [6, 6.07) is 5.35. The highest BCUT2D eigenvalue weighted by atomic mass is 16.3. The maximum Gasteiger partial charge on any atom is 0.117 e. The first kappa shape index (κ1) is 15.2. The Morgan fingerprint density at radius 3 is 2.85 bits per heavy atom. The van der Waals surface area contributed by atoms with Crippen molar-refractivity contribution in [2.24, 2.45) is 17.8 Å². The molecule has 1 aromatic carbocycles. The average Bonchev–Trinajstić information content (AvgIpc) is 2.37. The number of nitrogen functional groups attached to an aromatic ring is 1. The molecule has 0 spiro atoms.